The van der Waals surface area contributed by atoms with Gasteiger partial charge in [0.1, 0.15) is 12.2 Å². The van der Waals surface area contributed by atoms with E-state index in [1.807, 2.05) is 0 Å². The van der Waals surface area contributed by atoms with Crippen molar-refractivity contribution in [2.24, 2.45) is 0 Å². The molecular formula is C9H8ClFN2O4. The van der Waals surface area contributed by atoms with Gasteiger partial charge >= 0.3 is 11.6 Å². The summed E-state index contributed by atoms with van der Waals surface area (Å²) in [5, 5.41) is 9.82. The monoisotopic (exact) mass is 262 g/mol. The molecule has 0 bridgehead atoms. The Morgan fingerprint density at radius 3 is 3.12 bits per heavy atom. The summed E-state index contributed by atoms with van der Waals surface area (Å²) in [6, 6.07) is -0.0570. The molecule has 1 aromatic heterocycles. The molecule has 0 spiro atoms. The molecule has 1 aromatic rings. The van der Waals surface area contributed by atoms with Crippen LogP contribution >= 0.6 is 11.6 Å². The minimum atomic E-state index is -1.00. The van der Waals surface area contributed by atoms with Crippen molar-refractivity contribution in [1.29, 1.82) is 0 Å². The van der Waals surface area contributed by atoms with E-state index in [1.165, 1.54) is 4.57 Å². The van der Waals surface area contributed by atoms with Crippen LogP contribution < -0.4 is 10.3 Å². The number of aromatic nitrogens is 2. The number of aliphatic hydroxyl groups is 1. The number of rotatable bonds is 1. The average Bonchev–Trinajstić information content (AvgIpc) is 2.78. The Morgan fingerprint density at radius 2 is 2.41 bits per heavy atom. The van der Waals surface area contributed by atoms with Crippen molar-refractivity contribution in [3.05, 3.63) is 22.4 Å². The molecule has 3 rings (SSSR count). The van der Waals surface area contributed by atoms with E-state index in [4.69, 9.17) is 21.1 Å². The van der Waals surface area contributed by atoms with Gasteiger partial charge in [-0.25, -0.2) is 0 Å². The largest absolute Gasteiger partial charge is 0.453 e. The maximum atomic E-state index is 13.1. The van der Waals surface area contributed by atoms with Crippen LogP contribution in [-0.2, 0) is 4.74 Å². The zero-order valence-electron chi connectivity index (χ0n) is 8.42. The Kier molecular flexibility index (Phi) is 2.35. The van der Waals surface area contributed by atoms with Crippen LogP contribution in [-0.4, -0.2) is 38.8 Å². The molecule has 3 heterocycles. The van der Waals surface area contributed by atoms with Gasteiger partial charge in [0, 0.05) is 0 Å². The number of hydrogen-bond acceptors (Lipinski definition) is 5. The Hall–Kier alpha value is -1.18. The Labute approximate surface area is 99.5 Å². The molecule has 0 aliphatic carbocycles. The lowest BCUT2D eigenvalue weighted by atomic mass is 10.1. The second-order valence-corrected chi connectivity index (χ2v) is 4.18. The van der Waals surface area contributed by atoms with Crippen molar-refractivity contribution in [3.63, 3.8) is 0 Å². The predicted molar refractivity (Wildman–Crippen MR) is 53.5 cm³/mol. The predicted octanol–water partition coefficient (Wildman–Crippen LogP) is -0.359. The van der Waals surface area contributed by atoms with E-state index in [0.717, 1.165) is 6.20 Å². The Balaban J connectivity index is 2.02. The molecule has 1 N–H and O–H groups in total. The smallest absolute Gasteiger partial charge is 0.311 e. The van der Waals surface area contributed by atoms with E-state index in [2.05, 4.69) is 4.98 Å². The van der Waals surface area contributed by atoms with E-state index in [1.54, 1.807) is 0 Å². The Bertz CT molecular complexity index is 522. The molecule has 2 aliphatic heterocycles. The zero-order chi connectivity index (χ0) is 12.2. The van der Waals surface area contributed by atoms with E-state index in [9.17, 15) is 14.3 Å². The van der Waals surface area contributed by atoms with E-state index < -0.39 is 35.9 Å². The van der Waals surface area contributed by atoms with Crippen LogP contribution in [0.2, 0.25) is 0 Å². The molecule has 6 nitrogen and oxygen atoms in total. The van der Waals surface area contributed by atoms with E-state index in [-0.39, 0.29) is 11.9 Å². The summed E-state index contributed by atoms with van der Waals surface area (Å²) in [7, 11) is 0. The van der Waals surface area contributed by atoms with Crippen molar-refractivity contribution in [3.8, 4) is 6.01 Å². The van der Waals surface area contributed by atoms with Gasteiger partial charge in [0.15, 0.2) is 12.3 Å². The molecule has 0 radical (unpaired) electrons. The summed E-state index contributed by atoms with van der Waals surface area (Å²) in [5.41, 5.74) is -1.00. The number of hydrogen-bond donors (Lipinski definition) is 1. The van der Waals surface area contributed by atoms with Crippen LogP contribution in [0.1, 0.15) is 6.23 Å². The highest BCUT2D eigenvalue weighted by Gasteiger charge is 2.51. The van der Waals surface area contributed by atoms with Crippen LogP contribution in [0.25, 0.3) is 0 Å². The standard InChI is InChI=1S/C9H8ClFN2O4/c10-1-4-5(14)6-8(16-4)13-2-3(11)7(15)12-9(13)17-6/h2,4-6,8,14H,1H2/t4-,5+,6-,8+/m0/s1. The van der Waals surface area contributed by atoms with Crippen molar-refractivity contribution in [1.82, 2.24) is 9.55 Å². The molecule has 1 saturated heterocycles. The van der Waals surface area contributed by atoms with Gasteiger partial charge < -0.3 is 14.6 Å². The molecule has 0 aromatic carbocycles. The highest BCUT2D eigenvalue weighted by Crippen LogP contribution is 2.39. The SMILES string of the molecule is O=c1nc2n(cc1F)[C@@H]1O[C@@H](CCl)[C@@H](O)[C@@H]1O2. The number of ether oxygens (including phenoxy) is 2. The highest BCUT2D eigenvalue weighted by atomic mass is 35.5. The van der Waals surface area contributed by atoms with Crippen molar-refractivity contribution in [2.45, 2.75) is 24.5 Å². The van der Waals surface area contributed by atoms with Gasteiger partial charge in [-0.3, -0.25) is 9.36 Å². The maximum Gasteiger partial charge on any atom is 0.311 e. The van der Waals surface area contributed by atoms with Crippen molar-refractivity contribution < 1.29 is 19.0 Å². The summed E-state index contributed by atoms with van der Waals surface area (Å²) in [6.45, 7) is 0. The number of alkyl halides is 1. The minimum absolute atomic E-state index is 0.0570. The normalized spacial score (nSPS) is 34.3. The lowest BCUT2D eigenvalue weighted by Crippen LogP contribution is -2.34. The van der Waals surface area contributed by atoms with Gasteiger partial charge in [-0.2, -0.15) is 9.37 Å². The molecule has 4 atom stereocenters. The Morgan fingerprint density at radius 1 is 1.65 bits per heavy atom. The summed E-state index contributed by atoms with van der Waals surface area (Å²) in [5.74, 6) is -0.895. The molecule has 17 heavy (non-hydrogen) atoms. The van der Waals surface area contributed by atoms with Crippen molar-refractivity contribution >= 4 is 11.6 Å². The molecule has 92 valence electrons. The molecule has 0 unspecified atom stereocenters. The third-order valence-electron chi connectivity index (χ3n) is 2.86. The first-order chi connectivity index (χ1) is 8.11. The maximum absolute atomic E-state index is 13.1. The van der Waals surface area contributed by atoms with Gasteiger partial charge in [0.2, 0.25) is 5.82 Å². The van der Waals surface area contributed by atoms with Crippen LogP contribution in [0.3, 0.4) is 0 Å². The number of fused-ring (bicyclic) bond motifs is 3. The quantitative estimate of drug-likeness (QED) is 0.700. The minimum Gasteiger partial charge on any atom is -0.453 e. The summed E-state index contributed by atoms with van der Waals surface area (Å²) < 4.78 is 25.0. The van der Waals surface area contributed by atoms with Crippen molar-refractivity contribution in [2.75, 3.05) is 5.88 Å². The molecule has 8 heteroatoms. The first kappa shape index (κ1) is 10.9. The van der Waals surface area contributed by atoms with Crippen LogP contribution in [0, 0.1) is 5.82 Å². The second-order valence-electron chi connectivity index (χ2n) is 3.88. The summed E-state index contributed by atoms with van der Waals surface area (Å²) in [6.07, 6.45) is -1.97. The van der Waals surface area contributed by atoms with Gasteiger partial charge in [0.25, 0.3) is 0 Å². The van der Waals surface area contributed by atoms with Crippen LogP contribution in [0.15, 0.2) is 11.0 Å². The number of aliphatic hydroxyl groups excluding tert-OH is 1. The van der Waals surface area contributed by atoms with Crippen LogP contribution in [0.5, 0.6) is 6.01 Å². The highest BCUT2D eigenvalue weighted by molar-refractivity contribution is 6.18. The summed E-state index contributed by atoms with van der Waals surface area (Å²) >= 11 is 5.61. The second kappa shape index (κ2) is 3.66. The van der Waals surface area contributed by atoms with Crippen LogP contribution in [0.4, 0.5) is 4.39 Å². The topological polar surface area (TPSA) is 73.6 Å². The van der Waals surface area contributed by atoms with Gasteiger partial charge in [-0.1, -0.05) is 0 Å². The molecule has 0 amide bonds. The fourth-order valence-corrected chi connectivity index (χ4v) is 2.27. The summed E-state index contributed by atoms with van der Waals surface area (Å²) in [4.78, 5) is 14.4. The third-order valence-corrected chi connectivity index (χ3v) is 3.16. The lowest BCUT2D eigenvalue weighted by molar-refractivity contribution is -0.00503. The first-order valence-corrected chi connectivity index (χ1v) is 5.50. The fourth-order valence-electron chi connectivity index (χ4n) is 2.02. The average molecular weight is 263 g/mol. The molecular weight excluding hydrogens is 255 g/mol. The van der Waals surface area contributed by atoms with Gasteiger partial charge in [0.05, 0.1) is 12.1 Å². The zero-order valence-corrected chi connectivity index (χ0v) is 9.17. The number of halogens is 2. The third kappa shape index (κ3) is 1.46. The van der Waals surface area contributed by atoms with Gasteiger partial charge in [-0.05, 0) is 0 Å². The molecule has 0 saturated carbocycles. The molecule has 1 fully saturated rings. The molecule has 2 aliphatic rings. The fraction of sp³-hybridized carbons (Fsp3) is 0.556. The first-order valence-electron chi connectivity index (χ1n) is 4.96. The van der Waals surface area contributed by atoms with Gasteiger partial charge in [-0.15, -0.1) is 11.6 Å². The number of nitrogens with zero attached hydrogens (tertiary/aromatic N) is 2. The van der Waals surface area contributed by atoms with E-state index in [0.29, 0.717) is 0 Å². The lowest BCUT2D eigenvalue weighted by Gasteiger charge is -2.13. The van der Waals surface area contributed by atoms with E-state index >= 15 is 0 Å².